The van der Waals surface area contributed by atoms with Gasteiger partial charge in [-0.2, -0.15) is 9.78 Å². The van der Waals surface area contributed by atoms with E-state index in [4.69, 9.17) is 4.74 Å². The van der Waals surface area contributed by atoms with Crippen LogP contribution in [0.15, 0.2) is 42.6 Å². The number of fused-ring (bicyclic) bond motifs is 1. The highest BCUT2D eigenvalue weighted by atomic mass is 16.5. The van der Waals surface area contributed by atoms with Crippen LogP contribution in [0.4, 0.5) is 11.8 Å². The summed E-state index contributed by atoms with van der Waals surface area (Å²) in [5, 5.41) is 11.4. The largest absolute Gasteiger partial charge is 0.462 e. The lowest BCUT2D eigenvalue weighted by Crippen LogP contribution is -2.19. The second-order valence-corrected chi connectivity index (χ2v) is 8.41. The zero-order valence-electron chi connectivity index (χ0n) is 20.8. The molecule has 0 aliphatic rings. The molecule has 3 aromatic heterocycles. The lowest BCUT2D eigenvalue weighted by atomic mass is 10.1. The monoisotopic (exact) mass is 487 g/mol. The average Bonchev–Trinajstić information content (AvgIpc) is 3.25. The van der Waals surface area contributed by atoms with Gasteiger partial charge in [0.15, 0.2) is 11.6 Å². The summed E-state index contributed by atoms with van der Waals surface area (Å²) in [5.74, 6) is 0.429. The molecule has 0 fully saturated rings. The van der Waals surface area contributed by atoms with Crippen molar-refractivity contribution in [1.82, 2.24) is 24.7 Å². The number of aromatic nitrogens is 5. The molecular formula is C26H29N7O3. The Morgan fingerprint density at radius 3 is 2.53 bits per heavy atom. The van der Waals surface area contributed by atoms with Gasteiger partial charge < -0.3 is 15.4 Å². The number of esters is 1. The van der Waals surface area contributed by atoms with Crippen LogP contribution in [-0.4, -0.2) is 49.8 Å². The van der Waals surface area contributed by atoms with Crippen LogP contribution in [0.1, 0.15) is 47.1 Å². The molecule has 0 spiro atoms. The molecule has 186 valence electrons. The molecule has 4 rings (SSSR count). The molecule has 36 heavy (non-hydrogen) atoms. The number of hydrogen-bond acceptors (Lipinski definition) is 8. The zero-order chi connectivity index (χ0) is 25.7. The molecular weight excluding hydrogens is 458 g/mol. The Bertz CT molecular complexity index is 1390. The van der Waals surface area contributed by atoms with Crippen molar-refractivity contribution in [1.29, 1.82) is 0 Å². The first kappa shape index (κ1) is 24.8. The van der Waals surface area contributed by atoms with E-state index in [1.807, 2.05) is 57.2 Å². The van der Waals surface area contributed by atoms with E-state index < -0.39 is 5.97 Å². The fourth-order valence-electron chi connectivity index (χ4n) is 3.89. The Labute approximate surface area is 209 Å². The second-order valence-electron chi connectivity index (χ2n) is 8.41. The highest BCUT2D eigenvalue weighted by molar-refractivity contribution is 6.00. The quantitative estimate of drug-likeness (QED) is 0.267. The van der Waals surface area contributed by atoms with E-state index >= 15 is 0 Å². The summed E-state index contributed by atoms with van der Waals surface area (Å²) in [4.78, 5) is 38.8. The van der Waals surface area contributed by atoms with E-state index in [-0.39, 0.29) is 30.3 Å². The summed E-state index contributed by atoms with van der Waals surface area (Å²) >= 11 is 0. The number of pyridine rings is 1. The maximum atomic E-state index is 12.8. The number of amides is 1. The molecule has 3 heterocycles. The van der Waals surface area contributed by atoms with E-state index in [1.54, 1.807) is 6.92 Å². The first-order valence-corrected chi connectivity index (χ1v) is 11.8. The Balaban J connectivity index is 1.52. The van der Waals surface area contributed by atoms with E-state index in [0.29, 0.717) is 24.7 Å². The molecule has 0 aliphatic carbocycles. The fraction of sp³-hybridized carbons (Fsp3) is 0.308. The summed E-state index contributed by atoms with van der Waals surface area (Å²) in [5.41, 5.74) is 3.71. The maximum Gasteiger partial charge on any atom is 0.343 e. The van der Waals surface area contributed by atoms with Gasteiger partial charge in [-0.15, -0.1) is 0 Å². The van der Waals surface area contributed by atoms with E-state index in [9.17, 15) is 9.59 Å². The third kappa shape index (κ3) is 5.65. The van der Waals surface area contributed by atoms with Gasteiger partial charge in [0.1, 0.15) is 5.56 Å². The Morgan fingerprint density at radius 1 is 1.03 bits per heavy atom. The molecule has 4 aromatic rings. The first-order valence-electron chi connectivity index (χ1n) is 11.8. The van der Waals surface area contributed by atoms with Crippen molar-refractivity contribution < 1.29 is 14.3 Å². The lowest BCUT2D eigenvalue weighted by Gasteiger charge is -2.12. The summed E-state index contributed by atoms with van der Waals surface area (Å²) in [6, 6.07) is 11.5. The van der Waals surface area contributed by atoms with Crippen LogP contribution in [-0.2, 0) is 9.53 Å². The normalized spacial score (nSPS) is 10.9. The minimum atomic E-state index is -0.565. The van der Waals surface area contributed by atoms with Gasteiger partial charge in [0.2, 0.25) is 11.9 Å². The third-order valence-corrected chi connectivity index (χ3v) is 5.49. The molecule has 2 N–H and O–H groups in total. The molecule has 10 nitrogen and oxygen atoms in total. The smallest absolute Gasteiger partial charge is 0.343 e. The highest BCUT2D eigenvalue weighted by Gasteiger charge is 2.22. The number of rotatable bonds is 9. The number of hydrogen-bond donors (Lipinski definition) is 2. The Hall–Kier alpha value is -4.34. The van der Waals surface area contributed by atoms with Crippen molar-refractivity contribution in [3.8, 4) is 5.82 Å². The van der Waals surface area contributed by atoms with Crippen molar-refractivity contribution in [3.63, 3.8) is 0 Å². The van der Waals surface area contributed by atoms with E-state index in [0.717, 1.165) is 27.9 Å². The second kappa shape index (κ2) is 10.9. The van der Waals surface area contributed by atoms with E-state index in [2.05, 4.69) is 30.7 Å². The number of nitrogens with one attached hydrogen (secondary N) is 2. The summed E-state index contributed by atoms with van der Waals surface area (Å²) in [6.45, 7) is 8.24. The van der Waals surface area contributed by atoms with E-state index in [1.165, 1.54) is 10.9 Å². The summed E-state index contributed by atoms with van der Waals surface area (Å²) in [6.07, 6.45) is 2.15. The predicted molar refractivity (Wildman–Crippen MR) is 137 cm³/mol. The van der Waals surface area contributed by atoms with Crippen molar-refractivity contribution >= 4 is 34.5 Å². The minimum Gasteiger partial charge on any atom is -0.462 e. The molecule has 0 bridgehead atoms. The number of para-hydroxylation sites is 1. The number of aryl methyl sites for hydroxylation is 3. The first-order chi connectivity index (χ1) is 17.4. The van der Waals surface area contributed by atoms with Gasteiger partial charge >= 0.3 is 5.97 Å². The van der Waals surface area contributed by atoms with Crippen LogP contribution in [0.3, 0.4) is 0 Å². The molecule has 10 heteroatoms. The molecule has 0 radical (unpaired) electrons. The van der Waals surface area contributed by atoms with Gasteiger partial charge in [0.05, 0.1) is 18.3 Å². The van der Waals surface area contributed by atoms with Crippen molar-refractivity contribution in [2.24, 2.45) is 0 Å². The van der Waals surface area contributed by atoms with Gasteiger partial charge in [-0.1, -0.05) is 18.2 Å². The molecule has 0 atom stereocenters. The SMILES string of the molecule is CCOC(=O)c1cnn(-c2cc(C)c3ccccc3n2)c1NC(=O)CCCNc1nc(C)cc(C)n1. The van der Waals surface area contributed by atoms with Gasteiger partial charge in [-0.05, 0) is 57.9 Å². The molecule has 0 aliphatic heterocycles. The van der Waals surface area contributed by atoms with Crippen LogP contribution in [0.5, 0.6) is 0 Å². The van der Waals surface area contributed by atoms with Crippen LogP contribution >= 0.6 is 0 Å². The standard InChI is InChI=1S/C26H29N7O3/c1-5-36-25(35)20-15-28-33(22-13-16(2)19-9-6-7-10-21(19)31-22)24(20)32-23(34)11-8-12-27-26-29-17(3)14-18(4)30-26/h6-7,9-10,13-15H,5,8,11-12H2,1-4H3,(H,32,34)(H,27,29,30). The number of ether oxygens (including phenoxy) is 1. The Kier molecular flexibility index (Phi) is 7.53. The van der Waals surface area contributed by atoms with Crippen LogP contribution in [0, 0.1) is 20.8 Å². The molecule has 0 saturated carbocycles. The molecule has 1 aromatic carbocycles. The van der Waals surface area contributed by atoms with Crippen molar-refractivity contribution in [2.75, 3.05) is 23.8 Å². The molecule has 1 amide bonds. The van der Waals surface area contributed by atoms with Crippen LogP contribution in [0.2, 0.25) is 0 Å². The predicted octanol–water partition coefficient (Wildman–Crippen LogP) is 4.14. The summed E-state index contributed by atoms with van der Waals surface area (Å²) < 4.78 is 6.64. The highest BCUT2D eigenvalue weighted by Crippen LogP contribution is 2.24. The number of carbonyl (C=O) groups is 2. The fourth-order valence-corrected chi connectivity index (χ4v) is 3.89. The number of carbonyl (C=O) groups excluding carboxylic acids is 2. The van der Waals surface area contributed by atoms with Crippen LogP contribution < -0.4 is 10.6 Å². The maximum absolute atomic E-state index is 12.8. The zero-order valence-corrected chi connectivity index (χ0v) is 20.8. The van der Waals surface area contributed by atoms with Crippen molar-refractivity contribution in [3.05, 3.63) is 65.1 Å². The molecule has 0 unspecified atom stereocenters. The number of benzene rings is 1. The topological polar surface area (TPSA) is 124 Å². The van der Waals surface area contributed by atoms with Crippen LogP contribution in [0.25, 0.3) is 16.7 Å². The van der Waals surface area contributed by atoms with Gasteiger partial charge in [-0.25, -0.2) is 19.7 Å². The van der Waals surface area contributed by atoms with Gasteiger partial charge in [0, 0.05) is 29.7 Å². The lowest BCUT2D eigenvalue weighted by molar-refractivity contribution is -0.116. The van der Waals surface area contributed by atoms with Gasteiger partial charge in [0.25, 0.3) is 0 Å². The number of anilines is 2. The van der Waals surface area contributed by atoms with Gasteiger partial charge in [-0.3, -0.25) is 4.79 Å². The minimum absolute atomic E-state index is 0.166. The third-order valence-electron chi connectivity index (χ3n) is 5.49. The Morgan fingerprint density at radius 2 is 1.78 bits per heavy atom. The summed E-state index contributed by atoms with van der Waals surface area (Å²) in [7, 11) is 0. The molecule has 0 saturated heterocycles. The number of nitrogens with zero attached hydrogens (tertiary/aromatic N) is 5. The van der Waals surface area contributed by atoms with Crippen molar-refractivity contribution in [2.45, 2.75) is 40.5 Å². The average molecular weight is 488 g/mol.